The van der Waals surface area contributed by atoms with Crippen LogP contribution in [0.25, 0.3) is 0 Å². The lowest BCUT2D eigenvalue weighted by molar-refractivity contribution is 0.241. The maximum Gasteiger partial charge on any atom is 0.120 e. The zero-order chi connectivity index (χ0) is 13.2. The lowest BCUT2D eigenvalue weighted by atomic mass is 10.0. The minimum atomic E-state index is 0. The van der Waals surface area contributed by atoms with Crippen LogP contribution in [0.3, 0.4) is 0 Å². The molecule has 0 amide bonds. The van der Waals surface area contributed by atoms with Crippen LogP contribution in [0.2, 0.25) is 0 Å². The van der Waals surface area contributed by atoms with E-state index in [1.54, 1.807) is 0 Å². The summed E-state index contributed by atoms with van der Waals surface area (Å²) in [5, 5.41) is 3.49. The van der Waals surface area contributed by atoms with E-state index in [4.69, 9.17) is 4.74 Å². The molecule has 0 bridgehead atoms. The Morgan fingerprint density at radius 1 is 1.25 bits per heavy atom. The molecule has 0 unspecified atom stereocenters. The molecule has 20 heavy (non-hydrogen) atoms. The van der Waals surface area contributed by atoms with Crippen molar-refractivity contribution in [2.75, 3.05) is 26.2 Å². The number of rotatable bonds is 4. The first kappa shape index (κ1) is 15.6. The molecule has 1 aromatic carbocycles. The zero-order valence-electron chi connectivity index (χ0n) is 12.3. The molecule has 2 aliphatic rings. The van der Waals surface area contributed by atoms with Crippen LogP contribution in [0.15, 0.2) is 24.3 Å². The van der Waals surface area contributed by atoms with Gasteiger partial charge < -0.3 is 10.1 Å². The van der Waals surface area contributed by atoms with Crippen LogP contribution < -0.4 is 10.1 Å². The second kappa shape index (κ2) is 6.79. The maximum absolute atomic E-state index is 5.77. The number of benzene rings is 1. The van der Waals surface area contributed by atoms with Gasteiger partial charge in [-0.2, -0.15) is 0 Å². The van der Waals surface area contributed by atoms with Crippen LogP contribution in [0.1, 0.15) is 19.4 Å². The number of hydrogen-bond donors (Lipinski definition) is 1. The summed E-state index contributed by atoms with van der Waals surface area (Å²) in [6.07, 6.45) is 0.243. The maximum atomic E-state index is 5.77. The SMILES string of the molecule is CC(C)Oc1cccc(CN2C[C@H]3CNC[C@H]3C2)c1.Cl. The van der Waals surface area contributed by atoms with Crippen molar-refractivity contribution in [3.05, 3.63) is 29.8 Å². The molecule has 112 valence electrons. The van der Waals surface area contributed by atoms with E-state index in [1.165, 1.54) is 31.7 Å². The molecule has 2 aliphatic heterocycles. The number of ether oxygens (including phenoxy) is 1. The quantitative estimate of drug-likeness (QED) is 0.924. The highest BCUT2D eigenvalue weighted by Crippen LogP contribution is 2.28. The van der Waals surface area contributed by atoms with E-state index in [-0.39, 0.29) is 18.5 Å². The Balaban J connectivity index is 0.00000147. The molecule has 2 saturated heterocycles. The highest BCUT2D eigenvalue weighted by molar-refractivity contribution is 5.85. The van der Waals surface area contributed by atoms with E-state index in [2.05, 4.69) is 42.3 Å². The lowest BCUT2D eigenvalue weighted by Crippen LogP contribution is -2.25. The normalized spacial score (nSPS) is 25.6. The van der Waals surface area contributed by atoms with Crippen molar-refractivity contribution in [2.24, 2.45) is 11.8 Å². The summed E-state index contributed by atoms with van der Waals surface area (Å²) in [6.45, 7) is 10.1. The zero-order valence-corrected chi connectivity index (χ0v) is 13.2. The predicted molar refractivity (Wildman–Crippen MR) is 84.6 cm³/mol. The van der Waals surface area contributed by atoms with Crippen LogP contribution in [-0.2, 0) is 6.54 Å². The van der Waals surface area contributed by atoms with Gasteiger partial charge >= 0.3 is 0 Å². The average Bonchev–Trinajstić information content (AvgIpc) is 2.89. The monoisotopic (exact) mass is 296 g/mol. The van der Waals surface area contributed by atoms with Crippen molar-refractivity contribution < 1.29 is 4.74 Å². The summed E-state index contributed by atoms with van der Waals surface area (Å²) in [5.74, 6) is 2.73. The molecule has 1 N–H and O–H groups in total. The summed E-state index contributed by atoms with van der Waals surface area (Å²) in [4.78, 5) is 2.59. The molecule has 0 aromatic heterocycles. The Hall–Kier alpha value is -0.770. The molecule has 0 radical (unpaired) electrons. The van der Waals surface area contributed by atoms with Crippen LogP contribution in [0.5, 0.6) is 5.75 Å². The van der Waals surface area contributed by atoms with Gasteiger partial charge in [-0.05, 0) is 56.5 Å². The molecule has 3 rings (SSSR count). The Morgan fingerprint density at radius 3 is 2.60 bits per heavy atom. The van der Waals surface area contributed by atoms with Crippen molar-refractivity contribution in [1.29, 1.82) is 0 Å². The van der Waals surface area contributed by atoms with Crippen molar-refractivity contribution >= 4 is 12.4 Å². The van der Waals surface area contributed by atoms with Gasteiger partial charge in [-0.3, -0.25) is 4.90 Å². The Bertz CT molecular complexity index is 426. The largest absolute Gasteiger partial charge is 0.491 e. The highest BCUT2D eigenvalue weighted by Gasteiger charge is 2.35. The average molecular weight is 297 g/mol. The summed E-state index contributed by atoms with van der Waals surface area (Å²) in [6, 6.07) is 8.55. The number of hydrogen-bond acceptors (Lipinski definition) is 3. The van der Waals surface area contributed by atoms with Crippen LogP contribution >= 0.6 is 12.4 Å². The number of nitrogens with one attached hydrogen (secondary N) is 1. The lowest BCUT2D eigenvalue weighted by Gasteiger charge is -2.18. The topological polar surface area (TPSA) is 24.5 Å². The molecular formula is C16H25ClN2O. The molecule has 4 heteroatoms. The molecule has 1 aromatic rings. The third kappa shape index (κ3) is 3.66. The van der Waals surface area contributed by atoms with Gasteiger partial charge in [0, 0.05) is 19.6 Å². The van der Waals surface area contributed by atoms with Crippen molar-refractivity contribution in [3.63, 3.8) is 0 Å². The van der Waals surface area contributed by atoms with Gasteiger partial charge in [0.05, 0.1) is 6.10 Å². The van der Waals surface area contributed by atoms with Gasteiger partial charge in [-0.1, -0.05) is 12.1 Å². The second-order valence-corrected chi connectivity index (χ2v) is 6.19. The third-order valence-corrected chi connectivity index (χ3v) is 4.14. The fourth-order valence-electron chi connectivity index (χ4n) is 3.33. The standard InChI is InChI=1S/C16H24N2O.ClH/c1-12(2)19-16-5-3-4-13(6-16)9-18-10-14-7-17-8-15(14)11-18;/h3-6,12,14-15,17H,7-11H2,1-2H3;1H/t14-,15+;. The van der Waals surface area contributed by atoms with Crippen LogP contribution in [0.4, 0.5) is 0 Å². The molecule has 0 aliphatic carbocycles. The van der Waals surface area contributed by atoms with Crippen LogP contribution in [0, 0.1) is 11.8 Å². The first-order chi connectivity index (χ1) is 9.20. The molecule has 0 saturated carbocycles. The van der Waals surface area contributed by atoms with Crippen molar-refractivity contribution in [1.82, 2.24) is 10.2 Å². The van der Waals surface area contributed by atoms with E-state index < -0.39 is 0 Å². The Labute approximate surface area is 128 Å². The Morgan fingerprint density at radius 2 is 1.95 bits per heavy atom. The minimum Gasteiger partial charge on any atom is -0.491 e. The van der Waals surface area contributed by atoms with Gasteiger partial charge in [-0.25, -0.2) is 0 Å². The highest BCUT2D eigenvalue weighted by atomic mass is 35.5. The predicted octanol–water partition coefficient (Wildman–Crippen LogP) is 2.55. The number of halogens is 1. The molecular weight excluding hydrogens is 272 g/mol. The van der Waals surface area contributed by atoms with E-state index in [9.17, 15) is 0 Å². The van der Waals surface area contributed by atoms with E-state index in [0.29, 0.717) is 0 Å². The fraction of sp³-hybridized carbons (Fsp3) is 0.625. The van der Waals surface area contributed by atoms with Crippen molar-refractivity contribution in [3.8, 4) is 5.75 Å². The molecule has 2 fully saturated rings. The summed E-state index contributed by atoms with van der Waals surface area (Å²) in [7, 11) is 0. The molecule has 2 heterocycles. The van der Waals surface area contributed by atoms with Gasteiger partial charge in [0.15, 0.2) is 0 Å². The van der Waals surface area contributed by atoms with E-state index in [1.807, 2.05) is 6.07 Å². The van der Waals surface area contributed by atoms with E-state index >= 15 is 0 Å². The first-order valence-corrected chi connectivity index (χ1v) is 7.39. The first-order valence-electron chi connectivity index (χ1n) is 7.39. The summed E-state index contributed by atoms with van der Waals surface area (Å²) in [5.41, 5.74) is 1.37. The van der Waals surface area contributed by atoms with Gasteiger partial charge in [0.2, 0.25) is 0 Å². The minimum absolute atomic E-state index is 0. The molecule has 0 spiro atoms. The second-order valence-electron chi connectivity index (χ2n) is 6.19. The number of likely N-dealkylation sites (tertiary alicyclic amines) is 1. The number of fused-ring (bicyclic) bond motifs is 1. The smallest absolute Gasteiger partial charge is 0.120 e. The fourth-order valence-corrected chi connectivity index (χ4v) is 3.33. The van der Waals surface area contributed by atoms with Gasteiger partial charge in [-0.15, -0.1) is 12.4 Å². The van der Waals surface area contributed by atoms with Crippen LogP contribution in [-0.4, -0.2) is 37.2 Å². The number of nitrogens with zero attached hydrogens (tertiary/aromatic N) is 1. The van der Waals surface area contributed by atoms with Crippen molar-refractivity contribution in [2.45, 2.75) is 26.5 Å². The molecule has 3 nitrogen and oxygen atoms in total. The molecule has 2 atom stereocenters. The summed E-state index contributed by atoms with van der Waals surface area (Å²) >= 11 is 0. The van der Waals surface area contributed by atoms with E-state index in [0.717, 1.165) is 24.1 Å². The van der Waals surface area contributed by atoms with Gasteiger partial charge in [0.25, 0.3) is 0 Å². The summed E-state index contributed by atoms with van der Waals surface area (Å²) < 4.78 is 5.77. The third-order valence-electron chi connectivity index (χ3n) is 4.14. The Kier molecular flexibility index (Phi) is 5.30. The van der Waals surface area contributed by atoms with Gasteiger partial charge in [0.1, 0.15) is 5.75 Å².